The third-order valence-electron chi connectivity index (χ3n) is 2.66. The second kappa shape index (κ2) is 4.25. The molecule has 6 nitrogen and oxygen atoms in total. The van der Waals surface area contributed by atoms with Gasteiger partial charge in [-0.3, -0.25) is 0 Å². The average molecular weight is 270 g/mol. The van der Waals surface area contributed by atoms with E-state index in [-0.39, 0.29) is 12.5 Å². The molecule has 1 aliphatic rings. The smallest absolute Gasteiger partial charge is 0.226 e. The molecular formula is C8H18N2O4S2. The van der Waals surface area contributed by atoms with Gasteiger partial charge in [-0.05, 0) is 25.7 Å². The van der Waals surface area contributed by atoms with Crippen LogP contribution >= 0.6 is 0 Å². The van der Waals surface area contributed by atoms with Crippen molar-refractivity contribution in [2.75, 3.05) is 17.9 Å². The van der Waals surface area contributed by atoms with Crippen LogP contribution in [0.3, 0.4) is 0 Å². The van der Waals surface area contributed by atoms with Crippen LogP contribution in [0.15, 0.2) is 0 Å². The van der Waals surface area contributed by atoms with Crippen molar-refractivity contribution >= 4 is 19.9 Å². The van der Waals surface area contributed by atoms with Crippen LogP contribution in [-0.4, -0.2) is 40.3 Å². The molecule has 0 aromatic heterocycles. The first-order valence-corrected chi connectivity index (χ1v) is 8.69. The van der Waals surface area contributed by atoms with Crippen molar-refractivity contribution in [2.24, 2.45) is 11.7 Å². The van der Waals surface area contributed by atoms with Gasteiger partial charge in [0.15, 0.2) is 14.9 Å². The van der Waals surface area contributed by atoms with Gasteiger partial charge in [0, 0.05) is 18.3 Å². The molecule has 3 N–H and O–H groups in total. The Labute approximate surface area is 96.6 Å². The third kappa shape index (κ3) is 4.00. The molecule has 1 atom stereocenters. The number of sulfonamides is 1. The molecule has 1 saturated carbocycles. The van der Waals surface area contributed by atoms with Gasteiger partial charge in [-0.15, -0.1) is 0 Å². The summed E-state index contributed by atoms with van der Waals surface area (Å²) in [5, 5.41) is -0.887. The van der Waals surface area contributed by atoms with E-state index in [4.69, 9.17) is 5.73 Å². The SMILES string of the molecule is CC(CN)(NS(=O)(=O)CS(C)(=O)=O)C1CC1. The highest BCUT2D eigenvalue weighted by Crippen LogP contribution is 2.39. The predicted molar refractivity (Wildman–Crippen MR) is 61.9 cm³/mol. The van der Waals surface area contributed by atoms with Crippen LogP contribution in [0.4, 0.5) is 0 Å². The molecule has 0 saturated heterocycles. The average Bonchev–Trinajstić information content (AvgIpc) is 2.79. The maximum Gasteiger partial charge on any atom is 0.226 e. The van der Waals surface area contributed by atoms with Gasteiger partial charge >= 0.3 is 0 Å². The molecule has 1 rings (SSSR count). The van der Waals surface area contributed by atoms with Crippen molar-refractivity contribution in [3.05, 3.63) is 0 Å². The summed E-state index contributed by atoms with van der Waals surface area (Å²) in [6, 6.07) is 0. The summed E-state index contributed by atoms with van der Waals surface area (Å²) in [5.41, 5.74) is 4.82. The number of rotatable bonds is 6. The number of sulfone groups is 1. The first-order valence-electron chi connectivity index (χ1n) is 4.97. The number of hydrogen-bond donors (Lipinski definition) is 2. The van der Waals surface area contributed by atoms with E-state index in [2.05, 4.69) is 4.72 Å². The Hall–Kier alpha value is -0.180. The Morgan fingerprint density at radius 3 is 2.12 bits per heavy atom. The van der Waals surface area contributed by atoms with Gasteiger partial charge in [0.1, 0.15) is 0 Å². The first-order chi connectivity index (χ1) is 7.08. The summed E-state index contributed by atoms with van der Waals surface area (Å²) in [6.07, 6.45) is 2.74. The van der Waals surface area contributed by atoms with Crippen molar-refractivity contribution in [3.63, 3.8) is 0 Å². The van der Waals surface area contributed by atoms with Crippen molar-refractivity contribution in [2.45, 2.75) is 25.3 Å². The molecule has 0 aliphatic heterocycles. The molecular weight excluding hydrogens is 252 g/mol. The van der Waals surface area contributed by atoms with Crippen LogP contribution in [0.25, 0.3) is 0 Å². The van der Waals surface area contributed by atoms with E-state index in [0.29, 0.717) is 0 Å². The van der Waals surface area contributed by atoms with Gasteiger partial charge in [0.2, 0.25) is 10.0 Å². The van der Waals surface area contributed by atoms with Crippen LogP contribution in [-0.2, 0) is 19.9 Å². The number of nitrogens with one attached hydrogen (secondary N) is 1. The minimum Gasteiger partial charge on any atom is -0.329 e. The zero-order valence-electron chi connectivity index (χ0n) is 9.43. The van der Waals surface area contributed by atoms with E-state index < -0.39 is 30.5 Å². The summed E-state index contributed by atoms with van der Waals surface area (Å²) in [5.74, 6) is 0.215. The van der Waals surface area contributed by atoms with Crippen molar-refractivity contribution in [1.29, 1.82) is 0 Å². The van der Waals surface area contributed by atoms with E-state index in [1.165, 1.54) is 0 Å². The van der Waals surface area contributed by atoms with E-state index in [9.17, 15) is 16.8 Å². The Kier molecular flexibility index (Phi) is 3.68. The Morgan fingerprint density at radius 1 is 1.31 bits per heavy atom. The van der Waals surface area contributed by atoms with E-state index in [0.717, 1.165) is 19.1 Å². The molecule has 0 radical (unpaired) electrons. The Morgan fingerprint density at radius 2 is 1.81 bits per heavy atom. The molecule has 8 heteroatoms. The van der Waals surface area contributed by atoms with Gasteiger partial charge in [0.05, 0.1) is 0 Å². The summed E-state index contributed by atoms with van der Waals surface area (Å²) < 4.78 is 47.5. The highest BCUT2D eigenvalue weighted by molar-refractivity contribution is 8.06. The van der Waals surface area contributed by atoms with Crippen LogP contribution in [0.5, 0.6) is 0 Å². The molecule has 16 heavy (non-hydrogen) atoms. The fraction of sp³-hybridized carbons (Fsp3) is 1.00. The van der Waals surface area contributed by atoms with Crippen LogP contribution in [0.2, 0.25) is 0 Å². The van der Waals surface area contributed by atoms with E-state index in [1.54, 1.807) is 6.92 Å². The molecule has 0 aromatic rings. The molecule has 0 aromatic carbocycles. The topological polar surface area (TPSA) is 106 Å². The zero-order chi connectivity index (χ0) is 12.6. The molecule has 1 unspecified atom stereocenters. The lowest BCUT2D eigenvalue weighted by Gasteiger charge is -2.28. The van der Waals surface area contributed by atoms with Gasteiger partial charge in [-0.1, -0.05) is 0 Å². The molecule has 0 amide bonds. The maximum absolute atomic E-state index is 11.6. The molecule has 0 bridgehead atoms. The quantitative estimate of drug-likeness (QED) is 0.646. The largest absolute Gasteiger partial charge is 0.329 e. The Bertz CT molecular complexity index is 452. The third-order valence-corrected chi connectivity index (χ3v) is 6.39. The number of hydrogen-bond acceptors (Lipinski definition) is 5. The molecule has 0 heterocycles. The minimum absolute atomic E-state index is 0.167. The Balaban J connectivity index is 2.79. The molecule has 96 valence electrons. The normalized spacial score (nSPS) is 21.7. The summed E-state index contributed by atoms with van der Waals surface area (Å²) in [7, 11) is -7.39. The standard InChI is InChI=1S/C8H18N2O4S2/c1-8(5-9,7-3-4-7)10-16(13,14)6-15(2,11)12/h7,10H,3-6,9H2,1-2H3. The summed E-state index contributed by atoms with van der Waals surface area (Å²) in [4.78, 5) is 0. The monoisotopic (exact) mass is 270 g/mol. The fourth-order valence-corrected chi connectivity index (χ4v) is 5.13. The fourth-order valence-electron chi connectivity index (χ4n) is 1.68. The zero-order valence-corrected chi connectivity index (χ0v) is 11.1. The lowest BCUT2D eigenvalue weighted by atomic mass is 9.98. The second-order valence-corrected chi connectivity index (χ2v) is 8.88. The highest BCUT2D eigenvalue weighted by Gasteiger charge is 2.43. The van der Waals surface area contributed by atoms with Gasteiger partial charge in [0.25, 0.3) is 0 Å². The van der Waals surface area contributed by atoms with Crippen molar-refractivity contribution in [1.82, 2.24) is 4.72 Å². The first kappa shape index (κ1) is 13.9. The molecule has 1 fully saturated rings. The highest BCUT2D eigenvalue weighted by atomic mass is 32.3. The van der Waals surface area contributed by atoms with Crippen LogP contribution in [0.1, 0.15) is 19.8 Å². The summed E-state index contributed by atoms with van der Waals surface area (Å²) >= 11 is 0. The maximum atomic E-state index is 11.6. The molecule has 1 aliphatic carbocycles. The van der Waals surface area contributed by atoms with Crippen molar-refractivity contribution < 1.29 is 16.8 Å². The predicted octanol–water partition coefficient (Wildman–Crippen LogP) is -0.965. The van der Waals surface area contributed by atoms with E-state index >= 15 is 0 Å². The van der Waals surface area contributed by atoms with Gasteiger partial charge < -0.3 is 5.73 Å². The molecule has 0 spiro atoms. The summed E-state index contributed by atoms with van der Waals surface area (Å²) in [6.45, 7) is 1.88. The number of nitrogens with two attached hydrogens (primary N) is 1. The van der Waals surface area contributed by atoms with Gasteiger partial charge in [-0.2, -0.15) is 0 Å². The lowest BCUT2D eigenvalue weighted by molar-refractivity contribution is 0.375. The second-order valence-electron chi connectivity index (χ2n) is 4.66. The van der Waals surface area contributed by atoms with Crippen LogP contribution < -0.4 is 10.5 Å². The van der Waals surface area contributed by atoms with E-state index in [1.807, 2.05) is 0 Å². The van der Waals surface area contributed by atoms with Crippen LogP contribution in [0, 0.1) is 5.92 Å². The lowest BCUT2D eigenvalue weighted by Crippen LogP contribution is -2.54. The minimum atomic E-state index is -3.83. The van der Waals surface area contributed by atoms with Crippen molar-refractivity contribution in [3.8, 4) is 0 Å². The van der Waals surface area contributed by atoms with Gasteiger partial charge in [-0.25, -0.2) is 21.6 Å².